The number of ether oxygens (including phenoxy) is 2. The first-order valence-electron chi connectivity index (χ1n) is 9.60. The van der Waals surface area contributed by atoms with Crippen LogP contribution in [0, 0.1) is 0 Å². The summed E-state index contributed by atoms with van der Waals surface area (Å²) in [6, 6.07) is 1.34. The first kappa shape index (κ1) is 20.8. The number of hydrogen-bond acceptors (Lipinski definition) is 7. The lowest BCUT2D eigenvalue weighted by Gasteiger charge is -2.27. The first-order chi connectivity index (χ1) is 13.5. The fraction of sp³-hybridized carbons (Fsp3) is 0.579. The van der Waals surface area contributed by atoms with Crippen LogP contribution in [0.1, 0.15) is 42.5 Å². The van der Waals surface area contributed by atoms with Crippen LogP contribution in [-0.2, 0) is 19.5 Å². The van der Waals surface area contributed by atoms with Gasteiger partial charge in [0.1, 0.15) is 10.7 Å². The Balaban J connectivity index is 1.83. The van der Waals surface area contributed by atoms with Crippen molar-refractivity contribution in [3.05, 3.63) is 29.5 Å². The summed E-state index contributed by atoms with van der Waals surface area (Å²) in [7, 11) is -2.55. The summed E-state index contributed by atoms with van der Waals surface area (Å²) >= 11 is 0. The number of carbonyl (C=O) groups excluding carboxylic acids is 1. The number of rotatable bonds is 7. The molecule has 3 rings (SSSR count). The summed E-state index contributed by atoms with van der Waals surface area (Å²) in [4.78, 5) is 16.1. The van der Waals surface area contributed by atoms with Gasteiger partial charge in [0.2, 0.25) is 10.0 Å². The molecular formula is C19H27N3O5S. The van der Waals surface area contributed by atoms with E-state index in [0.717, 1.165) is 19.3 Å². The van der Waals surface area contributed by atoms with Crippen LogP contribution in [0.25, 0.3) is 0 Å². The zero-order valence-electron chi connectivity index (χ0n) is 16.1. The van der Waals surface area contributed by atoms with Crippen LogP contribution in [0.2, 0.25) is 0 Å². The summed E-state index contributed by atoms with van der Waals surface area (Å²) in [6.07, 6.45) is 9.09. The molecule has 0 atom stereocenters. The lowest BCUT2D eigenvalue weighted by atomic mass is 9.97. The number of pyridine rings is 1. The second-order valence-electron chi connectivity index (χ2n) is 6.86. The third-order valence-corrected chi connectivity index (χ3v) is 6.90. The standard InChI is InChI=1S/C19H27N3O5S/c1-26-19(23)16-13-17(28(24,25)22-9-11-27-12-10-22)18(21-14-16)20-8-7-15-5-3-2-4-6-15/h5,13-14H,2-4,6-12H2,1H3,(H,20,21). The second kappa shape index (κ2) is 9.49. The van der Waals surface area contributed by atoms with Crippen molar-refractivity contribution >= 4 is 21.8 Å². The summed E-state index contributed by atoms with van der Waals surface area (Å²) < 4.78 is 37.7. The molecule has 1 N–H and O–H groups in total. The summed E-state index contributed by atoms with van der Waals surface area (Å²) in [5.41, 5.74) is 1.50. The molecule has 28 heavy (non-hydrogen) atoms. The maximum absolute atomic E-state index is 13.2. The predicted molar refractivity (Wildman–Crippen MR) is 105 cm³/mol. The van der Waals surface area contributed by atoms with Crippen molar-refractivity contribution in [3.63, 3.8) is 0 Å². The second-order valence-corrected chi connectivity index (χ2v) is 8.77. The van der Waals surface area contributed by atoms with E-state index < -0.39 is 16.0 Å². The highest BCUT2D eigenvalue weighted by Crippen LogP contribution is 2.26. The predicted octanol–water partition coefficient (Wildman–Crippen LogP) is 2.19. The van der Waals surface area contributed by atoms with Crippen LogP contribution in [0.3, 0.4) is 0 Å². The van der Waals surface area contributed by atoms with Gasteiger partial charge in [0.05, 0.1) is 25.9 Å². The third kappa shape index (κ3) is 4.89. The smallest absolute Gasteiger partial charge is 0.339 e. The molecule has 0 saturated carbocycles. The Bertz CT molecular complexity index is 832. The van der Waals surface area contributed by atoms with Crippen LogP contribution in [-0.4, -0.2) is 63.6 Å². The van der Waals surface area contributed by atoms with E-state index >= 15 is 0 Å². The van der Waals surface area contributed by atoms with E-state index in [1.807, 2.05) is 0 Å². The van der Waals surface area contributed by atoms with E-state index in [1.54, 1.807) is 0 Å². The fourth-order valence-corrected chi connectivity index (χ4v) is 4.96. The van der Waals surface area contributed by atoms with Crippen LogP contribution in [0.4, 0.5) is 5.82 Å². The van der Waals surface area contributed by atoms with Crippen LogP contribution < -0.4 is 5.32 Å². The molecule has 0 unspecified atom stereocenters. The molecule has 154 valence electrons. The number of nitrogens with zero attached hydrogens (tertiary/aromatic N) is 2. The maximum atomic E-state index is 13.2. The zero-order chi connectivity index (χ0) is 20.0. The Hall–Kier alpha value is -1.97. The van der Waals surface area contributed by atoms with Crippen LogP contribution in [0.5, 0.6) is 0 Å². The lowest BCUT2D eigenvalue weighted by Crippen LogP contribution is -2.41. The van der Waals surface area contributed by atoms with Gasteiger partial charge in [-0.05, 0) is 38.2 Å². The first-order valence-corrected chi connectivity index (χ1v) is 11.0. The molecule has 1 aromatic rings. The van der Waals surface area contributed by atoms with Gasteiger partial charge in [0, 0.05) is 25.8 Å². The number of allylic oxidation sites excluding steroid dienone is 1. The Labute approximate surface area is 166 Å². The summed E-state index contributed by atoms with van der Waals surface area (Å²) in [5, 5.41) is 3.15. The number of nitrogens with one attached hydrogen (secondary N) is 1. The van der Waals surface area contributed by atoms with Gasteiger partial charge in [0.25, 0.3) is 0 Å². The number of hydrogen-bond donors (Lipinski definition) is 1. The SMILES string of the molecule is COC(=O)c1cnc(NCCC2=CCCCC2)c(S(=O)(=O)N2CCOCC2)c1. The average molecular weight is 410 g/mol. The molecule has 8 nitrogen and oxygen atoms in total. The molecule has 1 aromatic heterocycles. The van der Waals surface area contributed by atoms with E-state index in [4.69, 9.17) is 9.47 Å². The number of esters is 1. The number of anilines is 1. The van der Waals surface area contributed by atoms with Crippen LogP contribution >= 0.6 is 0 Å². The van der Waals surface area contributed by atoms with E-state index in [2.05, 4.69) is 16.4 Å². The summed E-state index contributed by atoms with van der Waals surface area (Å²) in [5.74, 6) is -0.361. The quantitative estimate of drug-likeness (QED) is 0.544. The zero-order valence-corrected chi connectivity index (χ0v) is 17.0. The molecule has 0 bridgehead atoms. The van der Waals surface area contributed by atoms with Crippen molar-refractivity contribution in [2.75, 3.05) is 45.3 Å². The van der Waals surface area contributed by atoms with Gasteiger partial charge in [0.15, 0.2) is 0 Å². The Morgan fingerprint density at radius 3 is 2.79 bits per heavy atom. The number of sulfonamides is 1. The van der Waals surface area contributed by atoms with Crippen molar-refractivity contribution in [2.24, 2.45) is 0 Å². The average Bonchev–Trinajstić information content (AvgIpc) is 2.74. The molecule has 0 spiro atoms. The number of morpholine rings is 1. The van der Waals surface area contributed by atoms with Gasteiger partial charge in [-0.15, -0.1) is 0 Å². The van der Waals surface area contributed by atoms with Gasteiger partial charge in [-0.25, -0.2) is 18.2 Å². The molecule has 0 amide bonds. The highest BCUT2D eigenvalue weighted by atomic mass is 32.2. The minimum absolute atomic E-state index is 0.00470. The molecule has 1 aliphatic carbocycles. The normalized spacial score (nSPS) is 18.4. The fourth-order valence-electron chi connectivity index (χ4n) is 3.40. The summed E-state index contributed by atoms with van der Waals surface area (Å²) in [6.45, 7) is 1.83. The van der Waals surface area contributed by atoms with E-state index in [1.165, 1.54) is 42.1 Å². The molecule has 0 aromatic carbocycles. The van der Waals surface area contributed by atoms with Crippen molar-refractivity contribution in [1.29, 1.82) is 0 Å². The molecule has 9 heteroatoms. The Kier molecular flexibility index (Phi) is 7.03. The van der Waals surface area contributed by atoms with Gasteiger partial charge in [-0.2, -0.15) is 4.31 Å². The molecular weight excluding hydrogens is 382 g/mol. The largest absolute Gasteiger partial charge is 0.465 e. The van der Waals surface area contributed by atoms with E-state index in [0.29, 0.717) is 19.8 Å². The number of carbonyl (C=O) groups is 1. The minimum atomic E-state index is -3.81. The van der Waals surface area contributed by atoms with Crippen molar-refractivity contribution in [2.45, 2.75) is 37.0 Å². The van der Waals surface area contributed by atoms with Gasteiger partial charge in [-0.1, -0.05) is 11.6 Å². The third-order valence-electron chi connectivity index (χ3n) is 4.99. The Morgan fingerprint density at radius 2 is 2.11 bits per heavy atom. The van der Waals surface area contributed by atoms with E-state index in [9.17, 15) is 13.2 Å². The van der Waals surface area contributed by atoms with Gasteiger partial charge < -0.3 is 14.8 Å². The lowest BCUT2D eigenvalue weighted by molar-refractivity contribution is 0.0600. The highest BCUT2D eigenvalue weighted by molar-refractivity contribution is 7.89. The monoisotopic (exact) mass is 409 g/mol. The molecule has 2 aliphatic rings. The molecule has 1 saturated heterocycles. The maximum Gasteiger partial charge on any atom is 0.339 e. The van der Waals surface area contributed by atoms with Crippen molar-refractivity contribution in [1.82, 2.24) is 9.29 Å². The van der Waals surface area contributed by atoms with E-state index in [-0.39, 0.29) is 29.4 Å². The van der Waals surface area contributed by atoms with Gasteiger partial charge >= 0.3 is 5.97 Å². The molecule has 2 heterocycles. The highest BCUT2D eigenvalue weighted by Gasteiger charge is 2.30. The van der Waals surface area contributed by atoms with Crippen LogP contribution in [0.15, 0.2) is 28.8 Å². The Morgan fingerprint density at radius 1 is 1.32 bits per heavy atom. The molecule has 1 fully saturated rings. The molecule has 1 aliphatic heterocycles. The number of aromatic nitrogens is 1. The van der Waals surface area contributed by atoms with Gasteiger partial charge in [-0.3, -0.25) is 0 Å². The van der Waals surface area contributed by atoms with Crippen molar-refractivity contribution < 1.29 is 22.7 Å². The minimum Gasteiger partial charge on any atom is -0.465 e. The number of methoxy groups -OCH3 is 1. The topological polar surface area (TPSA) is 97.8 Å². The molecule has 0 radical (unpaired) electrons. The van der Waals surface area contributed by atoms with Crippen molar-refractivity contribution in [3.8, 4) is 0 Å².